The number of nitrogens with one attached hydrogen (secondary N) is 2. The van der Waals surface area contributed by atoms with Gasteiger partial charge < -0.3 is 20.6 Å². The molecule has 1 aliphatic heterocycles. The van der Waals surface area contributed by atoms with Crippen LogP contribution < -0.4 is 10.6 Å². The molecule has 0 saturated carbocycles. The van der Waals surface area contributed by atoms with E-state index in [1.54, 1.807) is 0 Å². The maximum atomic E-state index is 10.3. The molecule has 1 rings (SSSR count). The molecule has 0 aromatic carbocycles. The molecule has 4 nitrogen and oxygen atoms in total. The summed E-state index contributed by atoms with van der Waals surface area (Å²) in [6, 6.07) is 1.09. The van der Waals surface area contributed by atoms with Crippen molar-refractivity contribution in [3.63, 3.8) is 0 Å². The smallest absolute Gasteiger partial charge is 0.0869 e. The van der Waals surface area contributed by atoms with Crippen LogP contribution in [-0.2, 0) is 0 Å². The van der Waals surface area contributed by atoms with E-state index in [0.29, 0.717) is 25.2 Å². The van der Waals surface area contributed by atoms with Crippen LogP contribution in [0.1, 0.15) is 46.0 Å². The largest absolute Gasteiger partial charge is 0.388 e. The van der Waals surface area contributed by atoms with Gasteiger partial charge in [0.15, 0.2) is 0 Å². The average molecular weight is 271 g/mol. The molecule has 0 radical (unpaired) electrons. The van der Waals surface area contributed by atoms with Crippen molar-refractivity contribution in [1.29, 1.82) is 0 Å². The first-order valence-corrected chi connectivity index (χ1v) is 7.73. The Hall–Kier alpha value is -0.160. The highest BCUT2D eigenvalue weighted by Gasteiger charge is 2.22. The van der Waals surface area contributed by atoms with Gasteiger partial charge in [0.05, 0.1) is 5.60 Å². The molecule has 0 amide bonds. The van der Waals surface area contributed by atoms with Gasteiger partial charge in [-0.3, -0.25) is 0 Å². The van der Waals surface area contributed by atoms with Gasteiger partial charge in [-0.2, -0.15) is 0 Å². The normalized spacial score (nSPS) is 25.9. The fraction of sp³-hybridized carbons (Fsp3) is 1.00. The van der Waals surface area contributed by atoms with Crippen molar-refractivity contribution < 1.29 is 5.11 Å². The van der Waals surface area contributed by atoms with Gasteiger partial charge in [-0.25, -0.2) is 0 Å². The minimum Gasteiger partial charge on any atom is -0.388 e. The highest BCUT2D eigenvalue weighted by Crippen LogP contribution is 2.13. The van der Waals surface area contributed by atoms with E-state index in [9.17, 15) is 5.11 Å². The molecule has 1 fully saturated rings. The molecule has 1 saturated heterocycles. The zero-order valence-corrected chi connectivity index (χ0v) is 13.2. The van der Waals surface area contributed by atoms with Gasteiger partial charge in [0.25, 0.3) is 0 Å². The van der Waals surface area contributed by atoms with E-state index in [-0.39, 0.29) is 0 Å². The Morgan fingerprint density at radius 3 is 2.79 bits per heavy atom. The van der Waals surface area contributed by atoms with Gasteiger partial charge in [0.2, 0.25) is 0 Å². The minimum absolute atomic E-state index is 0.448. The summed E-state index contributed by atoms with van der Waals surface area (Å²) >= 11 is 0. The van der Waals surface area contributed by atoms with Crippen molar-refractivity contribution in [3.05, 3.63) is 0 Å². The number of nitrogens with zero attached hydrogens (tertiary/aromatic N) is 1. The summed E-state index contributed by atoms with van der Waals surface area (Å²) in [5.41, 5.74) is -0.658. The van der Waals surface area contributed by atoms with Crippen LogP contribution in [0.5, 0.6) is 0 Å². The maximum Gasteiger partial charge on any atom is 0.0869 e. The lowest BCUT2D eigenvalue weighted by molar-refractivity contribution is 0.0312. The van der Waals surface area contributed by atoms with Gasteiger partial charge in [0, 0.05) is 25.2 Å². The Balaban J connectivity index is 2.24. The SMILES string of the molecule is CC(CC1CCCCCN1)NCC(C)(O)CN(C)C. The summed E-state index contributed by atoms with van der Waals surface area (Å²) < 4.78 is 0. The summed E-state index contributed by atoms with van der Waals surface area (Å²) in [4.78, 5) is 2.03. The van der Waals surface area contributed by atoms with Crippen molar-refractivity contribution in [2.45, 2.75) is 63.6 Å². The summed E-state index contributed by atoms with van der Waals surface area (Å²) in [5.74, 6) is 0. The third-order valence-corrected chi connectivity index (χ3v) is 3.79. The van der Waals surface area contributed by atoms with E-state index in [4.69, 9.17) is 0 Å². The second kappa shape index (κ2) is 8.20. The second-order valence-electron chi connectivity index (χ2n) is 6.75. The number of rotatable bonds is 7. The number of hydrogen-bond acceptors (Lipinski definition) is 4. The average Bonchev–Trinajstić information content (AvgIpc) is 2.53. The molecule has 0 aromatic rings. The van der Waals surface area contributed by atoms with E-state index < -0.39 is 5.60 Å². The van der Waals surface area contributed by atoms with Crippen molar-refractivity contribution in [2.24, 2.45) is 0 Å². The molecule has 1 aliphatic rings. The molecule has 3 atom stereocenters. The van der Waals surface area contributed by atoms with Crippen LogP contribution in [-0.4, -0.2) is 61.4 Å². The summed E-state index contributed by atoms with van der Waals surface area (Å²) in [6.45, 7) is 6.62. The molecular formula is C15H33N3O. The van der Waals surface area contributed by atoms with Crippen molar-refractivity contribution in [2.75, 3.05) is 33.7 Å². The quantitative estimate of drug-likeness (QED) is 0.651. The summed E-state index contributed by atoms with van der Waals surface area (Å²) in [5, 5.41) is 17.4. The third kappa shape index (κ3) is 7.88. The van der Waals surface area contributed by atoms with Crippen LogP contribution in [0, 0.1) is 0 Å². The minimum atomic E-state index is -0.658. The molecule has 4 heteroatoms. The molecule has 3 N–H and O–H groups in total. The first-order chi connectivity index (χ1) is 8.89. The Morgan fingerprint density at radius 2 is 2.11 bits per heavy atom. The molecule has 0 aliphatic carbocycles. The lowest BCUT2D eigenvalue weighted by atomic mass is 10.0. The molecule has 0 aromatic heterocycles. The standard InChI is InChI=1S/C15H33N3O/c1-13(10-14-8-6-5-7-9-16-14)17-11-15(2,19)12-18(3)4/h13-14,16-17,19H,5-12H2,1-4H3. The highest BCUT2D eigenvalue weighted by molar-refractivity contribution is 4.82. The van der Waals surface area contributed by atoms with Gasteiger partial charge >= 0.3 is 0 Å². The Bertz CT molecular complexity index is 236. The molecule has 1 heterocycles. The second-order valence-corrected chi connectivity index (χ2v) is 6.75. The van der Waals surface area contributed by atoms with Crippen LogP contribution in [0.25, 0.3) is 0 Å². The van der Waals surface area contributed by atoms with Gasteiger partial charge in [0.1, 0.15) is 0 Å². The van der Waals surface area contributed by atoms with Crippen LogP contribution in [0.3, 0.4) is 0 Å². The first kappa shape index (κ1) is 16.9. The number of aliphatic hydroxyl groups is 1. The molecule has 19 heavy (non-hydrogen) atoms. The summed E-state index contributed by atoms with van der Waals surface area (Å²) in [7, 11) is 3.99. The number of likely N-dealkylation sites (N-methyl/N-ethyl adjacent to an activating group) is 1. The third-order valence-electron chi connectivity index (χ3n) is 3.79. The zero-order valence-electron chi connectivity index (χ0n) is 13.2. The highest BCUT2D eigenvalue weighted by atomic mass is 16.3. The Morgan fingerprint density at radius 1 is 1.37 bits per heavy atom. The fourth-order valence-corrected chi connectivity index (χ4v) is 2.94. The summed E-state index contributed by atoms with van der Waals surface area (Å²) in [6.07, 6.45) is 6.47. The van der Waals surface area contributed by atoms with Crippen molar-refractivity contribution in [1.82, 2.24) is 15.5 Å². The van der Waals surface area contributed by atoms with Crippen molar-refractivity contribution in [3.8, 4) is 0 Å². The Labute approximate surface area is 118 Å². The van der Waals surface area contributed by atoms with Gasteiger partial charge in [-0.1, -0.05) is 12.8 Å². The number of hydrogen-bond donors (Lipinski definition) is 3. The first-order valence-electron chi connectivity index (χ1n) is 7.73. The zero-order chi connectivity index (χ0) is 14.3. The van der Waals surface area contributed by atoms with Crippen molar-refractivity contribution >= 4 is 0 Å². The molecule has 3 unspecified atom stereocenters. The molecule has 114 valence electrons. The van der Waals surface area contributed by atoms with Crippen LogP contribution >= 0.6 is 0 Å². The van der Waals surface area contributed by atoms with E-state index in [0.717, 1.165) is 13.0 Å². The van der Waals surface area contributed by atoms with E-state index in [1.165, 1.54) is 25.7 Å². The predicted octanol–water partition coefficient (Wildman–Crippen LogP) is 1.20. The van der Waals surface area contributed by atoms with Gasteiger partial charge in [-0.15, -0.1) is 0 Å². The topological polar surface area (TPSA) is 47.5 Å². The lowest BCUT2D eigenvalue weighted by Gasteiger charge is -2.30. The van der Waals surface area contributed by atoms with E-state index in [2.05, 4.69) is 17.6 Å². The Kier molecular flexibility index (Phi) is 7.29. The molecule has 0 spiro atoms. The fourth-order valence-electron chi connectivity index (χ4n) is 2.94. The monoisotopic (exact) mass is 271 g/mol. The van der Waals surface area contributed by atoms with Crippen LogP contribution in [0.15, 0.2) is 0 Å². The van der Waals surface area contributed by atoms with Crippen LogP contribution in [0.2, 0.25) is 0 Å². The molecule has 0 bridgehead atoms. The molecular weight excluding hydrogens is 238 g/mol. The van der Waals surface area contributed by atoms with E-state index >= 15 is 0 Å². The predicted molar refractivity (Wildman–Crippen MR) is 81.5 cm³/mol. The lowest BCUT2D eigenvalue weighted by Crippen LogP contribution is -2.48. The van der Waals surface area contributed by atoms with E-state index in [1.807, 2.05) is 25.9 Å². The van der Waals surface area contributed by atoms with Gasteiger partial charge in [-0.05, 0) is 53.8 Å². The maximum absolute atomic E-state index is 10.3. The van der Waals surface area contributed by atoms with Crippen LogP contribution in [0.4, 0.5) is 0 Å².